The van der Waals surface area contributed by atoms with Crippen LogP contribution >= 0.6 is 11.6 Å². The monoisotopic (exact) mass is 294 g/mol. The predicted molar refractivity (Wildman–Crippen MR) is 77.7 cm³/mol. The van der Waals surface area contributed by atoms with E-state index in [0.717, 1.165) is 0 Å². The Morgan fingerprint density at radius 1 is 1.20 bits per heavy atom. The number of benzene rings is 2. The van der Waals surface area contributed by atoms with Crippen molar-refractivity contribution >= 4 is 11.6 Å². The second-order valence-corrected chi connectivity index (χ2v) is 5.35. The van der Waals surface area contributed by atoms with Crippen molar-refractivity contribution in [3.63, 3.8) is 0 Å². The van der Waals surface area contributed by atoms with Crippen molar-refractivity contribution in [3.05, 3.63) is 64.4 Å². The number of halogens is 2. The third-order valence-electron chi connectivity index (χ3n) is 3.26. The topological polar surface area (TPSA) is 29.5 Å². The second kappa shape index (κ2) is 5.81. The van der Waals surface area contributed by atoms with Gasteiger partial charge in [0.2, 0.25) is 0 Å². The number of methoxy groups -OCH3 is 1. The van der Waals surface area contributed by atoms with Crippen LogP contribution < -0.4 is 4.74 Å². The number of aliphatic hydroxyl groups is 1. The summed E-state index contributed by atoms with van der Waals surface area (Å²) in [7, 11) is 1.58. The first-order valence-electron chi connectivity index (χ1n) is 6.23. The van der Waals surface area contributed by atoms with Crippen LogP contribution in [-0.4, -0.2) is 12.2 Å². The number of ether oxygens (including phenoxy) is 1. The van der Waals surface area contributed by atoms with Crippen LogP contribution in [0.3, 0.4) is 0 Å². The number of hydrogen-bond donors (Lipinski definition) is 1. The summed E-state index contributed by atoms with van der Waals surface area (Å²) in [5.74, 6) is 0.300. The van der Waals surface area contributed by atoms with Crippen molar-refractivity contribution in [2.45, 2.75) is 18.9 Å². The summed E-state index contributed by atoms with van der Waals surface area (Å²) in [6, 6.07) is 11.5. The third-order valence-corrected chi connectivity index (χ3v) is 3.50. The average Bonchev–Trinajstić information content (AvgIpc) is 2.42. The summed E-state index contributed by atoms with van der Waals surface area (Å²) in [6.07, 6.45) is 0.169. The summed E-state index contributed by atoms with van der Waals surface area (Å²) >= 11 is 5.72. The van der Waals surface area contributed by atoms with Crippen molar-refractivity contribution in [2.24, 2.45) is 0 Å². The van der Waals surface area contributed by atoms with Gasteiger partial charge in [-0.05, 0) is 42.3 Å². The Morgan fingerprint density at radius 2 is 1.85 bits per heavy atom. The normalized spacial score (nSPS) is 13.8. The molecule has 2 aromatic rings. The number of hydrogen-bond acceptors (Lipinski definition) is 2. The Labute approximate surface area is 122 Å². The molecule has 0 amide bonds. The van der Waals surface area contributed by atoms with E-state index in [1.54, 1.807) is 50.4 Å². The quantitative estimate of drug-likeness (QED) is 0.925. The molecule has 2 aromatic carbocycles. The largest absolute Gasteiger partial charge is 0.497 e. The molecule has 1 unspecified atom stereocenters. The molecule has 2 nitrogen and oxygen atoms in total. The molecule has 0 fully saturated rings. The first-order chi connectivity index (χ1) is 9.42. The fraction of sp³-hybridized carbons (Fsp3) is 0.250. The molecule has 0 saturated heterocycles. The van der Waals surface area contributed by atoms with Crippen LogP contribution in [0.25, 0.3) is 0 Å². The van der Waals surface area contributed by atoms with E-state index in [0.29, 0.717) is 21.9 Å². The zero-order valence-electron chi connectivity index (χ0n) is 11.4. The second-order valence-electron chi connectivity index (χ2n) is 4.91. The van der Waals surface area contributed by atoms with Gasteiger partial charge in [-0.1, -0.05) is 29.8 Å². The van der Waals surface area contributed by atoms with Crippen LogP contribution in [0.1, 0.15) is 18.1 Å². The van der Waals surface area contributed by atoms with Crippen LogP contribution in [0.2, 0.25) is 5.02 Å². The molecule has 106 valence electrons. The average molecular weight is 295 g/mol. The molecule has 0 aliphatic carbocycles. The molecule has 1 atom stereocenters. The molecular formula is C16H16ClFO2. The Bertz CT molecular complexity index is 594. The fourth-order valence-corrected chi connectivity index (χ4v) is 2.25. The van der Waals surface area contributed by atoms with Crippen molar-refractivity contribution in [1.29, 1.82) is 0 Å². The highest BCUT2D eigenvalue weighted by molar-refractivity contribution is 6.30. The molecule has 0 spiro atoms. The van der Waals surface area contributed by atoms with Crippen molar-refractivity contribution in [2.75, 3.05) is 7.11 Å². The third kappa shape index (κ3) is 3.30. The maximum atomic E-state index is 13.8. The van der Waals surface area contributed by atoms with E-state index in [4.69, 9.17) is 16.3 Å². The van der Waals surface area contributed by atoms with E-state index in [1.807, 2.05) is 0 Å². The fourth-order valence-electron chi connectivity index (χ4n) is 2.09. The van der Waals surface area contributed by atoms with Gasteiger partial charge in [-0.3, -0.25) is 0 Å². The highest BCUT2D eigenvalue weighted by Crippen LogP contribution is 2.28. The highest BCUT2D eigenvalue weighted by atomic mass is 35.5. The van der Waals surface area contributed by atoms with E-state index < -0.39 is 11.4 Å². The summed E-state index contributed by atoms with van der Waals surface area (Å²) < 4.78 is 18.9. The van der Waals surface area contributed by atoms with Crippen molar-refractivity contribution in [3.8, 4) is 5.75 Å². The Hall–Kier alpha value is -1.58. The summed E-state index contributed by atoms with van der Waals surface area (Å²) in [5.41, 5.74) is -0.0381. The smallest absolute Gasteiger partial charge is 0.127 e. The molecule has 0 bridgehead atoms. The lowest BCUT2D eigenvalue weighted by Crippen LogP contribution is -2.24. The lowest BCUT2D eigenvalue weighted by molar-refractivity contribution is 0.0566. The Balaban J connectivity index is 2.25. The van der Waals surface area contributed by atoms with Crippen LogP contribution in [0.5, 0.6) is 5.75 Å². The van der Waals surface area contributed by atoms with Gasteiger partial charge in [0.1, 0.15) is 11.6 Å². The molecule has 1 N–H and O–H groups in total. The van der Waals surface area contributed by atoms with Gasteiger partial charge in [0.05, 0.1) is 12.7 Å². The molecule has 2 rings (SSSR count). The maximum Gasteiger partial charge on any atom is 0.127 e. The number of rotatable bonds is 4. The van der Waals surface area contributed by atoms with Gasteiger partial charge in [0.15, 0.2) is 0 Å². The van der Waals surface area contributed by atoms with Gasteiger partial charge >= 0.3 is 0 Å². The van der Waals surface area contributed by atoms with Crippen LogP contribution in [0.15, 0.2) is 42.5 Å². The van der Waals surface area contributed by atoms with Gasteiger partial charge in [-0.25, -0.2) is 4.39 Å². The van der Waals surface area contributed by atoms with Crippen LogP contribution in [0, 0.1) is 5.82 Å². The van der Waals surface area contributed by atoms with E-state index in [1.165, 1.54) is 6.07 Å². The minimum absolute atomic E-state index is 0.169. The molecule has 0 aliphatic heterocycles. The molecule has 20 heavy (non-hydrogen) atoms. The molecule has 0 aromatic heterocycles. The zero-order chi connectivity index (χ0) is 14.8. The van der Waals surface area contributed by atoms with E-state index >= 15 is 0 Å². The zero-order valence-corrected chi connectivity index (χ0v) is 12.1. The molecular weight excluding hydrogens is 279 g/mol. The van der Waals surface area contributed by atoms with Crippen LogP contribution in [0.4, 0.5) is 4.39 Å². The lowest BCUT2D eigenvalue weighted by Gasteiger charge is -2.24. The minimum atomic E-state index is -1.17. The SMILES string of the molecule is COc1ccc(C(C)(O)Cc2ccc(Cl)cc2F)cc1. The van der Waals surface area contributed by atoms with Gasteiger partial charge in [0, 0.05) is 11.4 Å². The van der Waals surface area contributed by atoms with E-state index in [2.05, 4.69) is 0 Å². The highest BCUT2D eigenvalue weighted by Gasteiger charge is 2.25. The maximum absolute atomic E-state index is 13.8. The molecule has 0 radical (unpaired) electrons. The molecule has 4 heteroatoms. The van der Waals surface area contributed by atoms with E-state index in [9.17, 15) is 9.50 Å². The molecule has 0 aliphatic rings. The lowest BCUT2D eigenvalue weighted by atomic mass is 9.89. The van der Waals surface area contributed by atoms with Crippen LogP contribution in [-0.2, 0) is 12.0 Å². The van der Waals surface area contributed by atoms with Gasteiger partial charge in [0.25, 0.3) is 0 Å². The van der Waals surface area contributed by atoms with Gasteiger partial charge in [-0.15, -0.1) is 0 Å². The van der Waals surface area contributed by atoms with E-state index in [-0.39, 0.29) is 6.42 Å². The standard InChI is InChI=1S/C16H16ClFO2/c1-16(19,12-4-7-14(20-2)8-5-12)10-11-3-6-13(17)9-15(11)18/h3-9,19H,10H2,1-2H3. The van der Waals surface area contributed by atoms with Crippen molar-refractivity contribution < 1.29 is 14.2 Å². The summed E-state index contributed by atoms with van der Waals surface area (Å²) in [5, 5.41) is 10.9. The van der Waals surface area contributed by atoms with Gasteiger partial charge in [-0.2, -0.15) is 0 Å². The first-order valence-corrected chi connectivity index (χ1v) is 6.61. The Kier molecular flexibility index (Phi) is 4.31. The minimum Gasteiger partial charge on any atom is -0.497 e. The summed E-state index contributed by atoms with van der Waals surface area (Å²) in [6.45, 7) is 1.66. The molecule has 0 saturated carbocycles. The molecule has 0 heterocycles. The predicted octanol–water partition coefficient (Wildman–Crippen LogP) is 3.94. The first kappa shape index (κ1) is 14.8. The summed E-state index contributed by atoms with van der Waals surface area (Å²) in [4.78, 5) is 0. The Morgan fingerprint density at radius 3 is 2.40 bits per heavy atom. The van der Waals surface area contributed by atoms with Gasteiger partial charge < -0.3 is 9.84 Å². The van der Waals surface area contributed by atoms with Crippen molar-refractivity contribution in [1.82, 2.24) is 0 Å².